The SMILES string of the molecule is COc1cc(OC)c(CNC2CCC(CNc3nc(N(C)C)c4ccccc4n3)CC2)c(OC)c1. The van der Waals surface area contributed by atoms with Crippen molar-refractivity contribution in [2.75, 3.05) is 52.2 Å². The van der Waals surface area contributed by atoms with Gasteiger partial charge in [-0.1, -0.05) is 12.1 Å². The monoisotopic (exact) mass is 479 g/mol. The predicted molar refractivity (Wildman–Crippen MR) is 141 cm³/mol. The Morgan fingerprint density at radius 1 is 0.914 bits per heavy atom. The molecule has 1 saturated carbocycles. The lowest BCUT2D eigenvalue weighted by atomic mass is 9.86. The van der Waals surface area contributed by atoms with Gasteiger partial charge in [-0.25, -0.2) is 4.98 Å². The highest BCUT2D eigenvalue weighted by Crippen LogP contribution is 2.34. The van der Waals surface area contributed by atoms with Crippen LogP contribution in [0.25, 0.3) is 10.9 Å². The third-order valence-corrected chi connectivity index (χ3v) is 6.79. The average Bonchev–Trinajstić information content (AvgIpc) is 2.90. The molecule has 0 unspecified atom stereocenters. The van der Waals surface area contributed by atoms with Crippen molar-refractivity contribution in [3.63, 3.8) is 0 Å². The first-order valence-electron chi connectivity index (χ1n) is 12.2. The fraction of sp³-hybridized carbons (Fsp3) is 0.481. The minimum atomic E-state index is 0.472. The number of nitrogens with one attached hydrogen (secondary N) is 2. The standard InChI is InChI=1S/C27H37N5O3/c1-32(2)26-21-8-6-7-9-23(21)30-27(31-26)29-16-18-10-12-19(13-11-18)28-17-22-24(34-4)14-20(33-3)15-25(22)35-5/h6-9,14-15,18-19,28H,10-13,16-17H2,1-5H3,(H,29,30,31). The molecule has 2 N–H and O–H groups in total. The van der Waals surface area contributed by atoms with Crippen LogP contribution in [0.3, 0.4) is 0 Å². The van der Waals surface area contributed by atoms with Crippen LogP contribution in [0.15, 0.2) is 36.4 Å². The molecule has 1 aromatic heterocycles. The van der Waals surface area contributed by atoms with Gasteiger partial charge in [-0.2, -0.15) is 4.98 Å². The van der Waals surface area contributed by atoms with Crippen LogP contribution in [-0.2, 0) is 6.54 Å². The summed E-state index contributed by atoms with van der Waals surface area (Å²) < 4.78 is 16.5. The molecule has 0 radical (unpaired) electrons. The van der Waals surface area contributed by atoms with Crippen LogP contribution in [-0.4, -0.2) is 58.0 Å². The second-order valence-electron chi connectivity index (χ2n) is 9.27. The molecule has 1 fully saturated rings. The molecule has 1 heterocycles. The van der Waals surface area contributed by atoms with E-state index in [1.165, 1.54) is 0 Å². The summed E-state index contributed by atoms with van der Waals surface area (Å²) in [6.07, 6.45) is 4.59. The molecule has 8 nitrogen and oxygen atoms in total. The van der Waals surface area contributed by atoms with E-state index in [0.717, 1.165) is 71.8 Å². The van der Waals surface area contributed by atoms with Gasteiger partial charge in [0.25, 0.3) is 0 Å². The maximum absolute atomic E-state index is 5.59. The van der Waals surface area contributed by atoms with Crippen molar-refractivity contribution in [2.24, 2.45) is 5.92 Å². The van der Waals surface area contributed by atoms with E-state index in [1.807, 2.05) is 49.3 Å². The number of ether oxygens (including phenoxy) is 3. The summed E-state index contributed by atoms with van der Waals surface area (Å²) in [6, 6.07) is 12.4. The highest BCUT2D eigenvalue weighted by atomic mass is 16.5. The quantitative estimate of drug-likeness (QED) is 0.441. The van der Waals surface area contributed by atoms with E-state index in [9.17, 15) is 0 Å². The topological polar surface area (TPSA) is 80.8 Å². The molecule has 0 saturated heterocycles. The van der Waals surface area contributed by atoms with E-state index >= 15 is 0 Å². The lowest BCUT2D eigenvalue weighted by Gasteiger charge is -2.30. The molecule has 1 aliphatic rings. The van der Waals surface area contributed by atoms with E-state index in [0.29, 0.717) is 24.5 Å². The fourth-order valence-electron chi connectivity index (χ4n) is 4.78. The van der Waals surface area contributed by atoms with Gasteiger partial charge in [0.1, 0.15) is 23.1 Å². The molecule has 0 aliphatic heterocycles. The summed E-state index contributed by atoms with van der Waals surface area (Å²) in [4.78, 5) is 11.5. The van der Waals surface area contributed by atoms with E-state index < -0.39 is 0 Å². The Kier molecular flexibility index (Phi) is 8.13. The van der Waals surface area contributed by atoms with Gasteiger partial charge in [-0.3, -0.25) is 0 Å². The normalized spacial score (nSPS) is 17.7. The highest BCUT2D eigenvalue weighted by molar-refractivity contribution is 5.90. The Morgan fingerprint density at radius 2 is 1.60 bits per heavy atom. The Morgan fingerprint density at radius 3 is 2.23 bits per heavy atom. The van der Waals surface area contributed by atoms with E-state index in [2.05, 4.69) is 16.7 Å². The van der Waals surface area contributed by atoms with Crippen molar-refractivity contribution in [1.82, 2.24) is 15.3 Å². The number of rotatable bonds is 10. The van der Waals surface area contributed by atoms with Gasteiger partial charge in [0.2, 0.25) is 5.95 Å². The summed E-state index contributed by atoms with van der Waals surface area (Å²) in [5.74, 6) is 4.53. The number of anilines is 2. The number of aromatic nitrogens is 2. The van der Waals surface area contributed by atoms with Crippen LogP contribution < -0.4 is 29.7 Å². The maximum Gasteiger partial charge on any atom is 0.225 e. The molecule has 3 aromatic rings. The lowest BCUT2D eigenvalue weighted by Crippen LogP contribution is -2.34. The van der Waals surface area contributed by atoms with E-state index in [-0.39, 0.29) is 0 Å². The number of methoxy groups -OCH3 is 3. The zero-order chi connectivity index (χ0) is 24.8. The smallest absolute Gasteiger partial charge is 0.225 e. The molecule has 0 amide bonds. The molecule has 0 atom stereocenters. The lowest BCUT2D eigenvalue weighted by molar-refractivity contribution is 0.296. The minimum Gasteiger partial charge on any atom is -0.496 e. The van der Waals surface area contributed by atoms with Crippen LogP contribution in [0.2, 0.25) is 0 Å². The fourth-order valence-corrected chi connectivity index (χ4v) is 4.78. The number of para-hydroxylation sites is 1. The Balaban J connectivity index is 1.31. The zero-order valence-corrected chi connectivity index (χ0v) is 21.4. The maximum atomic E-state index is 5.59. The number of hydrogen-bond donors (Lipinski definition) is 2. The van der Waals surface area contributed by atoms with Gasteiger partial charge in [0.05, 0.1) is 32.4 Å². The number of benzene rings is 2. The van der Waals surface area contributed by atoms with Gasteiger partial charge >= 0.3 is 0 Å². The third-order valence-electron chi connectivity index (χ3n) is 6.79. The minimum absolute atomic E-state index is 0.472. The van der Waals surface area contributed by atoms with Crippen molar-refractivity contribution in [2.45, 2.75) is 38.3 Å². The first-order chi connectivity index (χ1) is 17.0. The molecule has 35 heavy (non-hydrogen) atoms. The number of fused-ring (bicyclic) bond motifs is 1. The molecule has 188 valence electrons. The highest BCUT2D eigenvalue weighted by Gasteiger charge is 2.22. The number of nitrogens with zero attached hydrogens (tertiary/aromatic N) is 3. The van der Waals surface area contributed by atoms with Crippen molar-refractivity contribution >= 4 is 22.7 Å². The van der Waals surface area contributed by atoms with Gasteiger partial charge in [0.15, 0.2) is 0 Å². The molecule has 1 aliphatic carbocycles. The van der Waals surface area contributed by atoms with Gasteiger partial charge in [0, 0.05) is 50.7 Å². The van der Waals surface area contributed by atoms with Crippen molar-refractivity contribution in [3.05, 3.63) is 42.0 Å². The van der Waals surface area contributed by atoms with Crippen LogP contribution >= 0.6 is 0 Å². The van der Waals surface area contributed by atoms with Crippen molar-refractivity contribution in [3.8, 4) is 17.2 Å². The zero-order valence-electron chi connectivity index (χ0n) is 21.4. The van der Waals surface area contributed by atoms with Crippen LogP contribution in [0, 0.1) is 5.92 Å². The first-order valence-corrected chi connectivity index (χ1v) is 12.2. The van der Waals surface area contributed by atoms with Crippen LogP contribution in [0.1, 0.15) is 31.2 Å². The molecule has 8 heteroatoms. The summed E-state index contributed by atoms with van der Waals surface area (Å²) in [6.45, 7) is 1.58. The van der Waals surface area contributed by atoms with Crippen molar-refractivity contribution in [1.29, 1.82) is 0 Å². The Labute approximate surface area is 208 Å². The van der Waals surface area contributed by atoms with Crippen LogP contribution in [0.4, 0.5) is 11.8 Å². The predicted octanol–water partition coefficient (Wildman–Crippen LogP) is 4.48. The van der Waals surface area contributed by atoms with Crippen LogP contribution in [0.5, 0.6) is 17.2 Å². The molecule has 0 bridgehead atoms. The van der Waals surface area contributed by atoms with Gasteiger partial charge in [-0.15, -0.1) is 0 Å². The van der Waals surface area contributed by atoms with E-state index in [1.54, 1.807) is 21.3 Å². The summed E-state index contributed by atoms with van der Waals surface area (Å²) in [5.41, 5.74) is 1.98. The van der Waals surface area contributed by atoms with Crippen molar-refractivity contribution < 1.29 is 14.2 Å². The molecule has 4 rings (SSSR count). The van der Waals surface area contributed by atoms with Gasteiger partial charge in [-0.05, 0) is 43.7 Å². The summed E-state index contributed by atoms with van der Waals surface area (Å²) in [5, 5.41) is 8.28. The average molecular weight is 480 g/mol. The Bertz CT molecular complexity index is 1100. The summed E-state index contributed by atoms with van der Waals surface area (Å²) in [7, 11) is 9.04. The largest absolute Gasteiger partial charge is 0.496 e. The molecule has 0 spiro atoms. The Hall–Kier alpha value is -3.26. The second-order valence-corrected chi connectivity index (χ2v) is 9.27. The first kappa shape index (κ1) is 24.9. The molecule has 2 aromatic carbocycles. The summed E-state index contributed by atoms with van der Waals surface area (Å²) >= 11 is 0. The third kappa shape index (κ3) is 5.88. The van der Waals surface area contributed by atoms with Gasteiger partial charge < -0.3 is 29.7 Å². The van der Waals surface area contributed by atoms with E-state index in [4.69, 9.17) is 24.2 Å². The molecular formula is C27H37N5O3. The number of hydrogen-bond acceptors (Lipinski definition) is 8. The second kappa shape index (κ2) is 11.4. The molecular weight excluding hydrogens is 442 g/mol.